The van der Waals surface area contributed by atoms with Gasteiger partial charge in [-0.1, -0.05) is 0 Å². The molecule has 0 bridgehead atoms. The first kappa shape index (κ1) is 11.3. The Hall–Kier alpha value is -2.25. The lowest BCUT2D eigenvalue weighted by molar-refractivity contribution is 0.407. The molecule has 1 aromatic carbocycles. The molecular formula is C17H19N3O3S. The number of pyridine rings is 1. The third-order valence-electron chi connectivity index (χ3n) is 3.58. The number of imidazole rings is 1. The van der Waals surface area contributed by atoms with Crippen molar-refractivity contribution in [2.45, 2.75) is 24.7 Å². The summed E-state index contributed by atoms with van der Waals surface area (Å²) in [7, 11) is -1.20. The lowest BCUT2D eigenvalue weighted by Gasteiger charge is -2.13. The van der Waals surface area contributed by atoms with Crippen LogP contribution in [0.3, 0.4) is 0 Å². The second kappa shape index (κ2) is 6.70. The minimum absolute atomic E-state index is 0.00906. The van der Waals surface area contributed by atoms with Crippen molar-refractivity contribution in [2.24, 2.45) is 0 Å². The summed E-state index contributed by atoms with van der Waals surface area (Å²) in [6.07, 6.45) is 1.29. The molecule has 6 nitrogen and oxygen atoms in total. The van der Waals surface area contributed by atoms with Crippen LogP contribution in [0.15, 0.2) is 29.6 Å². The van der Waals surface area contributed by atoms with E-state index in [0.29, 0.717) is 22.3 Å². The zero-order chi connectivity index (χ0) is 21.6. The highest BCUT2D eigenvalue weighted by atomic mass is 32.2. The van der Waals surface area contributed by atoms with Gasteiger partial charge >= 0.3 is 5.16 Å². The van der Waals surface area contributed by atoms with Gasteiger partial charge in [-0.15, -0.1) is 0 Å². The van der Waals surface area contributed by atoms with Gasteiger partial charge in [-0.2, -0.15) is 4.98 Å². The molecule has 0 aliphatic rings. The second-order valence-electron chi connectivity index (χ2n) is 5.14. The van der Waals surface area contributed by atoms with Crippen molar-refractivity contribution in [1.29, 1.82) is 0 Å². The van der Waals surface area contributed by atoms with Crippen molar-refractivity contribution in [1.82, 2.24) is 15.0 Å². The summed E-state index contributed by atoms with van der Waals surface area (Å²) in [5.41, 5.74) is -0.993. The van der Waals surface area contributed by atoms with Crippen LogP contribution in [0.25, 0.3) is 11.0 Å². The van der Waals surface area contributed by atoms with E-state index in [1.807, 2.05) is 0 Å². The first-order valence-electron chi connectivity index (χ1n) is 9.55. The van der Waals surface area contributed by atoms with Crippen molar-refractivity contribution >= 4 is 22.2 Å². The Balaban J connectivity index is 2.03. The van der Waals surface area contributed by atoms with Gasteiger partial charge < -0.3 is 14.0 Å². The molecule has 0 saturated heterocycles. The zero-order valence-corrected chi connectivity index (χ0v) is 14.2. The van der Waals surface area contributed by atoms with Gasteiger partial charge in [-0.3, -0.25) is 9.97 Å². The molecule has 1 atom stereocenters. The summed E-state index contributed by atoms with van der Waals surface area (Å²) in [6, 6.07) is 5.03. The number of benzene rings is 1. The van der Waals surface area contributed by atoms with Gasteiger partial charge in [0.25, 0.3) is 0 Å². The third-order valence-corrected chi connectivity index (χ3v) is 4.50. The number of fused-ring (bicyclic) bond motifs is 1. The number of aryl methyl sites for hydroxylation is 1. The molecule has 0 saturated carbocycles. The first-order chi connectivity index (χ1) is 13.4. The molecule has 0 fully saturated rings. The van der Waals surface area contributed by atoms with Gasteiger partial charge in [0.1, 0.15) is 11.5 Å². The highest BCUT2D eigenvalue weighted by Crippen LogP contribution is 2.27. The molecule has 0 amide bonds. The fourth-order valence-electron chi connectivity index (χ4n) is 2.29. The zero-order valence-electron chi connectivity index (χ0n) is 18.3. The lowest BCUT2D eigenvalue weighted by Crippen LogP contribution is -2.10. The number of nitrogens with one attached hydrogen (secondary N) is 1. The van der Waals surface area contributed by atoms with Crippen LogP contribution in [0.1, 0.15) is 23.7 Å². The van der Waals surface area contributed by atoms with E-state index in [1.54, 1.807) is 25.1 Å². The maximum atomic E-state index is 13.0. The molecule has 1 N–H and O–H groups in total. The molecule has 1 unspecified atom stereocenters. The van der Waals surface area contributed by atoms with Crippen LogP contribution in [0.2, 0.25) is 0 Å². The maximum absolute atomic E-state index is 13.0. The Morgan fingerprint density at radius 1 is 1.38 bits per heavy atom. The number of aromatic amines is 1. The van der Waals surface area contributed by atoms with E-state index in [0.717, 1.165) is 0 Å². The number of hydrogen-bond acceptors (Lipinski definition) is 5. The number of ether oxygens (including phenoxy) is 2. The molecular weight excluding hydrogens is 326 g/mol. The topological polar surface area (TPSA) is 83.1 Å². The largest absolute Gasteiger partial charge is 0.609 e. The fraction of sp³-hybridized carbons (Fsp3) is 0.294. The third kappa shape index (κ3) is 3.05. The van der Waals surface area contributed by atoms with E-state index in [-0.39, 0.29) is 22.2 Å². The number of hydrogen-bond donors (Lipinski definition) is 1. The Morgan fingerprint density at radius 3 is 2.96 bits per heavy atom. The predicted octanol–water partition coefficient (Wildman–Crippen LogP) is 2.90. The van der Waals surface area contributed by atoms with Crippen molar-refractivity contribution in [3.63, 3.8) is 0 Å². The van der Waals surface area contributed by atoms with E-state index < -0.39 is 23.9 Å². The average molecular weight is 350 g/mol. The molecule has 2 heterocycles. The highest BCUT2D eigenvalue weighted by Gasteiger charge is 2.21. The van der Waals surface area contributed by atoms with Crippen LogP contribution in [0.4, 0.5) is 0 Å². The van der Waals surface area contributed by atoms with Crippen LogP contribution in [-0.4, -0.2) is 33.7 Å². The SMILES string of the molecule is [2H]C([2H])([2H])Oc1c(C)cnc(C([2H])([2H])[S+]([O-])c2nc3cc(OC)ccc3[nH]2)c1C. The standard InChI is InChI=1S/C17H19N3O3S/c1-10-8-18-15(11(2)16(10)23-4)9-24(21)17-19-13-6-5-12(22-3)7-14(13)20-17/h5-8H,9H2,1-4H3,(H,19,20)/i4D3,9D2. The monoisotopic (exact) mass is 350 g/mol. The van der Waals surface area contributed by atoms with Crippen LogP contribution in [0.5, 0.6) is 11.5 Å². The van der Waals surface area contributed by atoms with Gasteiger partial charge in [-0.25, -0.2) is 0 Å². The Bertz CT molecular complexity index is 1050. The Morgan fingerprint density at radius 2 is 2.21 bits per heavy atom. The molecule has 24 heavy (non-hydrogen) atoms. The quantitative estimate of drug-likeness (QED) is 0.715. The second-order valence-corrected chi connectivity index (χ2v) is 6.27. The molecule has 0 radical (unpaired) electrons. The Kier molecular flexibility index (Phi) is 3.16. The number of aromatic nitrogens is 3. The molecule has 0 aliphatic carbocycles. The highest BCUT2D eigenvalue weighted by molar-refractivity contribution is 7.90. The van der Waals surface area contributed by atoms with Gasteiger partial charge in [0.15, 0.2) is 5.70 Å². The molecule has 7 heteroatoms. The van der Waals surface area contributed by atoms with E-state index in [4.69, 9.17) is 16.3 Å². The van der Waals surface area contributed by atoms with E-state index in [9.17, 15) is 4.55 Å². The van der Waals surface area contributed by atoms with Crippen LogP contribution >= 0.6 is 0 Å². The lowest BCUT2D eigenvalue weighted by atomic mass is 10.1. The van der Waals surface area contributed by atoms with Crippen LogP contribution in [-0.2, 0) is 16.9 Å². The summed E-state index contributed by atoms with van der Waals surface area (Å²) in [6.45, 7) is 3.08. The van der Waals surface area contributed by atoms with Crippen LogP contribution in [0, 0.1) is 13.8 Å². The van der Waals surface area contributed by atoms with Crippen molar-refractivity contribution in [2.75, 3.05) is 14.1 Å². The summed E-state index contributed by atoms with van der Waals surface area (Å²) in [5, 5.41) is -0.0710. The molecule has 0 aliphatic heterocycles. The first-order valence-corrected chi connectivity index (χ1v) is 8.20. The normalized spacial score (nSPS) is 16.6. The smallest absolute Gasteiger partial charge is 0.322 e. The fourth-order valence-corrected chi connectivity index (χ4v) is 3.16. The van der Waals surface area contributed by atoms with Crippen molar-refractivity contribution < 1.29 is 20.9 Å². The van der Waals surface area contributed by atoms with E-state index >= 15 is 0 Å². The number of methoxy groups -OCH3 is 2. The van der Waals surface area contributed by atoms with Crippen molar-refractivity contribution in [3.05, 3.63) is 41.2 Å². The molecule has 3 rings (SSSR count). The molecule has 126 valence electrons. The summed E-state index contributed by atoms with van der Waals surface area (Å²) in [4.78, 5) is 11.1. The average Bonchev–Trinajstić information content (AvgIpc) is 3.06. The molecule has 3 aromatic rings. The number of H-pyrrole nitrogens is 1. The maximum Gasteiger partial charge on any atom is 0.322 e. The minimum atomic E-state index is -2.71. The predicted molar refractivity (Wildman–Crippen MR) is 93.0 cm³/mol. The van der Waals surface area contributed by atoms with E-state index in [2.05, 4.69) is 15.0 Å². The van der Waals surface area contributed by atoms with Gasteiger partial charge in [0.05, 0.1) is 37.7 Å². The number of nitrogens with zero attached hydrogens (tertiary/aromatic N) is 2. The van der Waals surface area contributed by atoms with Gasteiger partial charge in [0.2, 0.25) is 0 Å². The molecule has 2 aromatic heterocycles. The summed E-state index contributed by atoms with van der Waals surface area (Å²) >= 11 is -2.27. The van der Waals surface area contributed by atoms with Gasteiger partial charge in [-0.05, 0) is 26.0 Å². The summed E-state index contributed by atoms with van der Waals surface area (Å²) < 4.78 is 62.0. The number of rotatable bonds is 5. The van der Waals surface area contributed by atoms with Crippen LogP contribution < -0.4 is 9.47 Å². The molecule has 0 spiro atoms. The Labute approximate surface area is 150 Å². The minimum Gasteiger partial charge on any atom is -0.609 e. The van der Waals surface area contributed by atoms with Gasteiger partial charge in [0, 0.05) is 34.6 Å². The van der Waals surface area contributed by atoms with E-state index in [1.165, 1.54) is 20.2 Å². The summed E-state index contributed by atoms with van der Waals surface area (Å²) in [5.74, 6) is 0.553. The van der Waals surface area contributed by atoms with Crippen molar-refractivity contribution in [3.8, 4) is 11.5 Å².